The molecule has 0 aliphatic carbocycles. The minimum absolute atomic E-state index is 0.222. The molecule has 0 amide bonds. The fraction of sp³-hybridized carbons (Fsp3) is 0.438. The zero-order valence-corrected chi connectivity index (χ0v) is 11.6. The van der Waals surface area contributed by atoms with E-state index in [0.29, 0.717) is 11.3 Å². The second kappa shape index (κ2) is 5.46. The van der Waals surface area contributed by atoms with Gasteiger partial charge in [0.25, 0.3) is 0 Å². The van der Waals surface area contributed by atoms with Gasteiger partial charge in [-0.3, -0.25) is 9.88 Å². The Bertz CT molecular complexity index is 614. The van der Waals surface area contributed by atoms with E-state index in [0.717, 1.165) is 37.1 Å². The molecule has 2 heterocycles. The molecule has 3 rings (SSSR count). The molecular formula is C16H19FN2O. The summed E-state index contributed by atoms with van der Waals surface area (Å²) in [6, 6.07) is 6.86. The minimum Gasteiger partial charge on any atom is -0.393 e. The van der Waals surface area contributed by atoms with Crippen molar-refractivity contribution in [3.63, 3.8) is 0 Å². The van der Waals surface area contributed by atoms with Gasteiger partial charge in [0.1, 0.15) is 5.82 Å². The molecule has 2 aromatic rings. The van der Waals surface area contributed by atoms with Crippen LogP contribution in [0.5, 0.6) is 0 Å². The van der Waals surface area contributed by atoms with Crippen molar-refractivity contribution >= 4 is 10.9 Å². The lowest BCUT2D eigenvalue weighted by Crippen LogP contribution is -2.24. The molecule has 1 saturated heterocycles. The Balaban J connectivity index is 1.84. The third-order valence-corrected chi connectivity index (χ3v) is 4.19. The van der Waals surface area contributed by atoms with Gasteiger partial charge in [0, 0.05) is 24.7 Å². The van der Waals surface area contributed by atoms with Crippen molar-refractivity contribution in [1.29, 1.82) is 0 Å². The largest absolute Gasteiger partial charge is 0.393 e. The van der Waals surface area contributed by atoms with Crippen LogP contribution < -0.4 is 0 Å². The van der Waals surface area contributed by atoms with Gasteiger partial charge < -0.3 is 5.11 Å². The number of pyridine rings is 1. The summed E-state index contributed by atoms with van der Waals surface area (Å²) in [5, 5.41) is 10.2. The molecule has 2 unspecified atom stereocenters. The first-order valence-corrected chi connectivity index (χ1v) is 7.07. The van der Waals surface area contributed by atoms with Crippen LogP contribution in [-0.4, -0.2) is 34.2 Å². The van der Waals surface area contributed by atoms with Crippen LogP contribution in [0.15, 0.2) is 30.5 Å². The molecule has 0 saturated carbocycles. The molecule has 2 atom stereocenters. The van der Waals surface area contributed by atoms with E-state index in [1.807, 2.05) is 13.0 Å². The van der Waals surface area contributed by atoms with Crippen molar-refractivity contribution in [2.45, 2.75) is 26.0 Å². The number of rotatable bonds is 3. The normalized spacial score (nSPS) is 21.4. The van der Waals surface area contributed by atoms with Gasteiger partial charge in [0.2, 0.25) is 0 Å². The zero-order chi connectivity index (χ0) is 14.1. The number of aliphatic hydroxyl groups is 1. The van der Waals surface area contributed by atoms with Gasteiger partial charge >= 0.3 is 0 Å². The Morgan fingerprint density at radius 3 is 3.05 bits per heavy atom. The lowest BCUT2D eigenvalue weighted by Gasteiger charge is -2.18. The van der Waals surface area contributed by atoms with E-state index >= 15 is 0 Å². The highest BCUT2D eigenvalue weighted by atomic mass is 19.1. The van der Waals surface area contributed by atoms with Crippen molar-refractivity contribution in [2.24, 2.45) is 5.92 Å². The van der Waals surface area contributed by atoms with Crippen LogP contribution in [0.2, 0.25) is 0 Å². The fourth-order valence-corrected chi connectivity index (χ4v) is 2.96. The average Bonchev–Trinajstić information content (AvgIpc) is 2.91. The van der Waals surface area contributed by atoms with E-state index in [-0.39, 0.29) is 11.9 Å². The first-order valence-electron chi connectivity index (χ1n) is 7.07. The number of aromatic nitrogens is 1. The number of likely N-dealkylation sites (tertiary alicyclic amines) is 1. The molecule has 1 aromatic heterocycles. The van der Waals surface area contributed by atoms with E-state index < -0.39 is 0 Å². The predicted octanol–water partition coefficient (Wildman–Crippen LogP) is 2.58. The average molecular weight is 274 g/mol. The van der Waals surface area contributed by atoms with Crippen molar-refractivity contribution in [1.82, 2.24) is 9.88 Å². The summed E-state index contributed by atoms with van der Waals surface area (Å²) >= 11 is 0. The monoisotopic (exact) mass is 274 g/mol. The summed E-state index contributed by atoms with van der Waals surface area (Å²) in [6.45, 7) is 4.48. The minimum atomic E-state index is -0.261. The van der Waals surface area contributed by atoms with E-state index in [9.17, 15) is 9.50 Å². The predicted molar refractivity (Wildman–Crippen MR) is 76.8 cm³/mol. The van der Waals surface area contributed by atoms with Crippen molar-refractivity contribution < 1.29 is 9.50 Å². The van der Waals surface area contributed by atoms with E-state index in [4.69, 9.17) is 0 Å². The Morgan fingerprint density at radius 1 is 1.45 bits per heavy atom. The third kappa shape index (κ3) is 2.53. The van der Waals surface area contributed by atoms with Gasteiger partial charge in [-0.05, 0) is 49.6 Å². The fourth-order valence-electron chi connectivity index (χ4n) is 2.96. The molecule has 1 aromatic carbocycles. The highest BCUT2D eigenvalue weighted by Gasteiger charge is 2.26. The third-order valence-electron chi connectivity index (χ3n) is 4.19. The molecule has 0 radical (unpaired) electrons. The Hall–Kier alpha value is -1.52. The molecule has 106 valence electrons. The maximum atomic E-state index is 13.8. The first-order chi connectivity index (χ1) is 9.65. The first kappa shape index (κ1) is 13.5. The van der Waals surface area contributed by atoms with Gasteiger partial charge in [0.15, 0.2) is 0 Å². The summed E-state index contributed by atoms with van der Waals surface area (Å²) in [6.07, 6.45) is 2.46. The summed E-state index contributed by atoms with van der Waals surface area (Å²) in [5.74, 6) is 0.120. The van der Waals surface area contributed by atoms with Crippen LogP contribution in [0.1, 0.15) is 18.9 Å². The lowest BCUT2D eigenvalue weighted by molar-refractivity contribution is 0.127. The van der Waals surface area contributed by atoms with Crippen LogP contribution in [-0.2, 0) is 6.54 Å². The number of benzene rings is 1. The molecule has 1 aliphatic heterocycles. The summed E-state index contributed by atoms with van der Waals surface area (Å²) in [7, 11) is 0. The van der Waals surface area contributed by atoms with Crippen molar-refractivity contribution in [3.05, 3.63) is 41.8 Å². The lowest BCUT2D eigenvalue weighted by atomic mass is 10.0. The Morgan fingerprint density at radius 2 is 2.30 bits per heavy atom. The van der Waals surface area contributed by atoms with Gasteiger partial charge in [-0.2, -0.15) is 0 Å². The molecular weight excluding hydrogens is 255 g/mol. The molecule has 1 aliphatic rings. The van der Waals surface area contributed by atoms with Crippen molar-refractivity contribution in [2.75, 3.05) is 13.1 Å². The van der Waals surface area contributed by atoms with Gasteiger partial charge in [-0.15, -0.1) is 0 Å². The number of aliphatic hydroxyl groups excluding tert-OH is 1. The molecule has 4 heteroatoms. The molecule has 0 bridgehead atoms. The van der Waals surface area contributed by atoms with Crippen molar-refractivity contribution in [3.8, 4) is 0 Å². The second-order valence-corrected chi connectivity index (χ2v) is 5.63. The van der Waals surface area contributed by atoms with Gasteiger partial charge in [-0.25, -0.2) is 4.39 Å². The highest BCUT2D eigenvalue weighted by molar-refractivity contribution is 5.82. The number of nitrogens with zero attached hydrogens (tertiary/aromatic N) is 2. The molecule has 1 fully saturated rings. The van der Waals surface area contributed by atoms with Crippen LogP contribution in [0, 0.1) is 11.7 Å². The number of hydrogen-bond acceptors (Lipinski definition) is 3. The molecule has 3 nitrogen and oxygen atoms in total. The van der Waals surface area contributed by atoms with Crippen LogP contribution in [0.3, 0.4) is 0 Å². The quantitative estimate of drug-likeness (QED) is 0.934. The van der Waals surface area contributed by atoms with Crippen LogP contribution in [0.4, 0.5) is 4.39 Å². The van der Waals surface area contributed by atoms with Gasteiger partial charge in [0.05, 0.1) is 11.6 Å². The van der Waals surface area contributed by atoms with E-state index in [1.165, 1.54) is 6.07 Å². The highest BCUT2D eigenvalue weighted by Crippen LogP contribution is 2.25. The topological polar surface area (TPSA) is 36.4 Å². The smallest absolute Gasteiger partial charge is 0.132 e. The number of halogens is 1. The standard InChI is InChI=1S/C16H19FN2O/c1-11(20)12-6-8-19(9-12)10-13-4-5-15(17)14-3-2-7-18-16(13)14/h2-5,7,11-12,20H,6,8-10H2,1H3. The summed E-state index contributed by atoms with van der Waals surface area (Å²) < 4.78 is 13.8. The van der Waals surface area contributed by atoms with Crippen LogP contribution in [0.25, 0.3) is 10.9 Å². The number of hydrogen-bond donors (Lipinski definition) is 1. The number of fused-ring (bicyclic) bond motifs is 1. The van der Waals surface area contributed by atoms with Crippen LogP contribution >= 0.6 is 0 Å². The molecule has 1 N–H and O–H groups in total. The van der Waals surface area contributed by atoms with E-state index in [2.05, 4.69) is 9.88 Å². The summed E-state index contributed by atoms with van der Waals surface area (Å²) in [4.78, 5) is 6.63. The van der Waals surface area contributed by atoms with Gasteiger partial charge in [-0.1, -0.05) is 6.07 Å². The molecule has 20 heavy (non-hydrogen) atoms. The van der Waals surface area contributed by atoms with E-state index in [1.54, 1.807) is 18.3 Å². The zero-order valence-electron chi connectivity index (χ0n) is 11.6. The molecule has 0 spiro atoms. The Kier molecular flexibility index (Phi) is 3.68. The maximum Gasteiger partial charge on any atom is 0.132 e. The summed E-state index contributed by atoms with van der Waals surface area (Å²) in [5.41, 5.74) is 1.79. The SMILES string of the molecule is CC(O)C1CCN(Cc2ccc(F)c3cccnc23)C1. The maximum absolute atomic E-state index is 13.8. The Labute approximate surface area is 118 Å². The second-order valence-electron chi connectivity index (χ2n) is 5.63.